The number of carbonyl (C=O) groups excluding carboxylic acids is 1. The minimum absolute atomic E-state index is 0.158. The van der Waals surface area contributed by atoms with Gasteiger partial charge < -0.3 is 4.90 Å². The van der Waals surface area contributed by atoms with Crippen LogP contribution < -0.4 is 0 Å². The Morgan fingerprint density at radius 3 is 2.31 bits per heavy atom. The summed E-state index contributed by atoms with van der Waals surface area (Å²) in [5.41, 5.74) is 0. The molecule has 1 amide bonds. The molecule has 1 aliphatic heterocycles. The standard InChI is InChI=1S/C11H21NO/c1-8(2)10-5-6-12(7-10)11(13)9(3)4/h8-10H,5-7H2,1-4H3/t10-/m0/s1. The van der Waals surface area contributed by atoms with Gasteiger partial charge in [-0.05, 0) is 18.3 Å². The molecule has 13 heavy (non-hydrogen) atoms. The quantitative estimate of drug-likeness (QED) is 0.642. The third-order valence-corrected chi connectivity index (χ3v) is 2.97. The second-order valence-corrected chi connectivity index (χ2v) is 4.73. The molecule has 1 saturated heterocycles. The average Bonchev–Trinajstić information content (AvgIpc) is 2.50. The van der Waals surface area contributed by atoms with E-state index in [4.69, 9.17) is 0 Å². The summed E-state index contributed by atoms with van der Waals surface area (Å²) < 4.78 is 0. The van der Waals surface area contributed by atoms with Crippen molar-refractivity contribution in [2.75, 3.05) is 13.1 Å². The van der Waals surface area contributed by atoms with E-state index >= 15 is 0 Å². The van der Waals surface area contributed by atoms with Crippen LogP contribution >= 0.6 is 0 Å². The molecule has 1 aliphatic rings. The smallest absolute Gasteiger partial charge is 0.225 e. The van der Waals surface area contributed by atoms with E-state index in [1.165, 1.54) is 6.42 Å². The Labute approximate surface area is 81.3 Å². The van der Waals surface area contributed by atoms with E-state index in [0.29, 0.717) is 11.8 Å². The van der Waals surface area contributed by atoms with E-state index in [0.717, 1.165) is 19.0 Å². The summed E-state index contributed by atoms with van der Waals surface area (Å²) in [6.07, 6.45) is 1.19. The molecule has 76 valence electrons. The van der Waals surface area contributed by atoms with Gasteiger partial charge in [-0.25, -0.2) is 0 Å². The highest BCUT2D eigenvalue weighted by molar-refractivity contribution is 5.78. The van der Waals surface area contributed by atoms with E-state index in [1.807, 2.05) is 18.7 Å². The lowest BCUT2D eigenvalue weighted by Gasteiger charge is -2.19. The third kappa shape index (κ3) is 2.45. The van der Waals surface area contributed by atoms with Crippen molar-refractivity contribution in [1.29, 1.82) is 0 Å². The van der Waals surface area contributed by atoms with Crippen molar-refractivity contribution in [3.8, 4) is 0 Å². The van der Waals surface area contributed by atoms with Crippen LogP contribution in [0.4, 0.5) is 0 Å². The fraction of sp³-hybridized carbons (Fsp3) is 0.909. The molecule has 1 rings (SSSR count). The van der Waals surface area contributed by atoms with Crippen molar-refractivity contribution in [2.24, 2.45) is 17.8 Å². The molecule has 0 unspecified atom stereocenters. The molecule has 0 aromatic heterocycles. The van der Waals surface area contributed by atoms with Crippen molar-refractivity contribution in [3.05, 3.63) is 0 Å². The van der Waals surface area contributed by atoms with Crippen LogP contribution in [0.2, 0.25) is 0 Å². The third-order valence-electron chi connectivity index (χ3n) is 2.97. The maximum Gasteiger partial charge on any atom is 0.225 e. The SMILES string of the molecule is CC(C)C(=O)N1CC[C@H](C(C)C)C1. The maximum absolute atomic E-state index is 11.6. The number of nitrogens with zero attached hydrogens (tertiary/aromatic N) is 1. The minimum Gasteiger partial charge on any atom is -0.342 e. The van der Waals surface area contributed by atoms with E-state index in [-0.39, 0.29) is 5.92 Å². The zero-order valence-corrected chi connectivity index (χ0v) is 9.21. The number of likely N-dealkylation sites (tertiary alicyclic amines) is 1. The van der Waals surface area contributed by atoms with Gasteiger partial charge in [0.05, 0.1) is 0 Å². The van der Waals surface area contributed by atoms with Crippen LogP contribution in [-0.2, 0) is 4.79 Å². The summed E-state index contributed by atoms with van der Waals surface area (Å²) in [6.45, 7) is 10.4. The Bertz CT molecular complexity index is 187. The molecule has 1 fully saturated rings. The molecule has 0 aliphatic carbocycles. The van der Waals surface area contributed by atoms with Crippen LogP contribution in [0.3, 0.4) is 0 Å². The summed E-state index contributed by atoms with van der Waals surface area (Å²) in [5, 5.41) is 0. The van der Waals surface area contributed by atoms with Gasteiger partial charge in [-0.15, -0.1) is 0 Å². The molecule has 0 spiro atoms. The zero-order chi connectivity index (χ0) is 10.0. The Hall–Kier alpha value is -0.530. The summed E-state index contributed by atoms with van der Waals surface area (Å²) in [7, 11) is 0. The van der Waals surface area contributed by atoms with Gasteiger partial charge in [0.15, 0.2) is 0 Å². The van der Waals surface area contributed by atoms with Crippen LogP contribution in [0.25, 0.3) is 0 Å². The van der Waals surface area contributed by atoms with Gasteiger partial charge >= 0.3 is 0 Å². The van der Waals surface area contributed by atoms with Crippen LogP contribution in [0, 0.1) is 17.8 Å². The molecule has 0 saturated carbocycles. The average molecular weight is 183 g/mol. The second-order valence-electron chi connectivity index (χ2n) is 4.73. The fourth-order valence-electron chi connectivity index (χ4n) is 1.90. The molecular formula is C11H21NO. The molecule has 0 radical (unpaired) electrons. The Morgan fingerprint density at radius 2 is 1.92 bits per heavy atom. The topological polar surface area (TPSA) is 20.3 Å². The van der Waals surface area contributed by atoms with Crippen molar-refractivity contribution in [3.63, 3.8) is 0 Å². The minimum atomic E-state index is 0.158. The van der Waals surface area contributed by atoms with E-state index < -0.39 is 0 Å². The summed E-state index contributed by atoms with van der Waals surface area (Å²) in [6, 6.07) is 0. The van der Waals surface area contributed by atoms with Crippen LogP contribution in [0.5, 0.6) is 0 Å². The number of amides is 1. The predicted octanol–water partition coefficient (Wildman–Crippen LogP) is 2.15. The van der Waals surface area contributed by atoms with Gasteiger partial charge in [-0.1, -0.05) is 27.7 Å². The van der Waals surface area contributed by atoms with Crippen molar-refractivity contribution in [2.45, 2.75) is 34.1 Å². The monoisotopic (exact) mass is 183 g/mol. The van der Waals surface area contributed by atoms with E-state index in [9.17, 15) is 4.79 Å². The predicted molar refractivity (Wildman–Crippen MR) is 54.4 cm³/mol. The van der Waals surface area contributed by atoms with Gasteiger partial charge in [0.2, 0.25) is 5.91 Å². The Balaban J connectivity index is 2.45. The molecule has 0 N–H and O–H groups in total. The fourth-order valence-corrected chi connectivity index (χ4v) is 1.90. The largest absolute Gasteiger partial charge is 0.342 e. The van der Waals surface area contributed by atoms with E-state index in [2.05, 4.69) is 13.8 Å². The lowest BCUT2D eigenvalue weighted by atomic mass is 9.95. The van der Waals surface area contributed by atoms with Crippen molar-refractivity contribution < 1.29 is 4.79 Å². The van der Waals surface area contributed by atoms with Crippen LogP contribution in [0.15, 0.2) is 0 Å². The van der Waals surface area contributed by atoms with Gasteiger partial charge in [-0.2, -0.15) is 0 Å². The van der Waals surface area contributed by atoms with Gasteiger partial charge in [0.1, 0.15) is 0 Å². The maximum atomic E-state index is 11.6. The molecule has 1 heterocycles. The molecular weight excluding hydrogens is 162 g/mol. The molecule has 0 aromatic carbocycles. The molecule has 0 bridgehead atoms. The van der Waals surface area contributed by atoms with E-state index in [1.54, 1.807) is 0 Å². The Kier molecular flexibility index (Phi) is 3.34. The second kappa shape index (κ2) is 4.12. The summed E-state index contributed by atoms with van der Waals surface area (Å²) in [5.74, 6) is 1.92. The van der Waals surface area contributed by atoms with Gasteiger partial charge in [0.25, 0.3) is 0 Å². The number of rotatable bonds is 2. The molecule has 1 atom stereocenters. The zero-order valence-electron chi connectivity index (χ0n) is 9.21. The van der Waals surface area contributed by atoms with Gasteiger partial charge in [-0.3, -0.25) is 4.79 Å². The number of carbonyl (C=O) groups is 1. The van der Waals surface area contributed by atoms with Crippen LogP contribution in [0.1, 0.15) is 34.1 Å². The van der Waals surface area contributed by atoms with Gasteiger partial charge in [0, 0.05) is 19.0 Å². The Morgan fingerprint density at radius 1 is 1.31 bits per heavy atom. The lowest BCUT2D eigenvalue weighted by molar-refractivity contribution is -0.133. The first-order valence-electron chi connectivity index (χ1n) is 5.31. The normalized spacial score (nSPS) is 23.2. The molecule has 0 aromatic rings. The summed E-state index contributed by atoms with van der Waals surface area (Å²) >= 11 is 0. The first-order valence-corrected chi connectivity index (χ1v) is 5.31. The van der Waals surface area contributed by atoms with Crippen LogP contribution in [-0.4, -0.2) is 23.9 Å². The molecule has 2 heteroatoms. The summed E-state index contributed by atoms with van der Waals surface area (Å²) in [4.78, 5) is 13.7. The van der Waals surface area contributed by atoms with Crippen molar-refractivity contribution >= 4 is 5.91 Å². The highest BCUT2D eigenvalue weighted by atomic mass is 16.2. The number of hydrogen-bond acceptors (Lipinski definition) is 1. The van der Waals surface area contributed by atoms with Crippen molar-refractivity contribution in [1.82, 2.24) is 4.90 Å². The molecule has 2 nitrogen and oxygen atoms in total. The first kappa shape index (κ1) is 10.6. The first-order chi connectivity index (χ1) is 6.02. The lowest BCUT2D eigenvalue weighted by Crippen LogP contribution is -2.32. The highest BCUT2D eigenvalue weighted by Gasteiger charge is 2.28. The number of hydrogen-bond donors (Lipinski definition) is 0. The highest BCUT2D eigenvalue weighted by Crippen LogP contribution is 2.24.